The summed E-state index contributed by atoms with van der Waals surface area (Å²) >= 11 is 0. The molecule has 2 aromatic rings. The molecule has 0 bridgehead atoms. The third kappa shape index (κ3) is 5.01. The van der Waals surface area contributed by atoms with Gasteiger partial charge in [0.15, 0.2) is 0 Å². The molecule has 0 aromatic heterocycles. The number of hydrogen-bond acceptors (Lipinski definition) is 4. The predicted molar refractivity (Wildman–Crippen MR) is 109 cm³/mol. The number of aryl methyl sites for hydroxylation is 2. The largest absolute Gasteiger partial charge is 0.492 e. The van der Waals surface area contributed by atoms with Gasteiger partial charge in [0.25, 0.3) is 0 Å². The Kier molecular flexibility index (Phi) is 6.49. The topological polar surface area (TPSA) is 75.7 Å². The quantitative estimate of drug-likeness (QED) is 0.785. The highest BCUT2D eigenvalue weighted by molar-refractivity contribution is 7.92. The monoisotopic (exact) mass is 390 g/mol. The molecule has 0 aliphatic rings. The second-order valence-corrected chi connectivity index (χ2v) is 8.30. The molecule has 2 rings (SSSR count). The number of rotatable bonds is 7. The maximum Gasteiger partial charge on any atom is 0.248 e. The fourth-order valence-electron chi connectivity index (χ4n) is 2.83. The molecule has 1 amide bonds. The Balaban J connectivity index is 2.38. The predicted octanol–water partition coefficient (Wildman–Crippen LogP) is 3.50. The molecule has 0 saturated heterocycles. The van der Waals surface area contributed by atoms with Crippen molar-refractivity contribution in [3.05, 3.63) is 53.6 Å². The molecule has 2 aromatic carbocycles. The van der Waals surface area contributed by atoms with Crippen molar-refractivity contribution in [2.45, 2.75) is 33.7 Å². The Morgan fingerprint density at radius 2 is 1.85 bits per heavy atom. The first-order chi connectivity index (χ1) is 12.6. The smallest absolute Gasteiger partial charge is 0.248 e. The Labute approximate surface area is 161 Å². The van der Waals surface area contributed by atoms with Crippen molar-refractivity contribution in [3.8, 4) is 5.75 Å². The zero-order chi connectivity index (χ0) is 20.2. The number of carbonyl (C=O) groups is 1. The zero-order valence-corrected chi connectivity index (χ0v) is 17.1. The summed E-state index contributed by atoms with van der Waals surface area (Å²) in [6.07, 6.45) is 1.10. The van der Waals surface area contributed by atoms with Crippen molar-refractivity contribution in [1.82, 2.24) is 0 Å². The zero-order valence-electron chi connectivity index (χ0n) is 16.3. The van der Waals surface area contributed by atoms with E-state index in [1.54, 1.807) is 31.2 Å². The number of nitrogens with zero attached hydrogens (tertiary/aromatic N) is 1. The number of amides is 1. The van der Waals surface area contributed by atoms with E-state index in [0.29, 0.717) is 23.7 Å². The number of nitrogens with one attached hydrogen (secondary N) is 1. The molecule has 0 fully saturated rings. The summed E-state index contributed by atoms with van der Waals surface area (Å²) in [5.41, 5.74) is 2.70. The van der Waals surface area contributed by atoms with Crippen molar-refractivity contribution in [2.75, 3.05) is 22.5 Å². The molecule has 1 N–H and O–H groups in total. The van der Waals surface area contributed by atoms with Crippen LogP contribution in [-0.4, -0.2) is 33.2 Å². The van der Waals surface area contributed by atoms with Gasteiger partial charge in [0.05, 0.1) is 24.2 Å². The molecule has 0 spiro atoms. The maximum atomic E-state index is 12.9. The van der Waals surface area contributed by atoms with Crippen LogP contribution in [0.2, 0.25) is 0 Å². The van der Waals surface area contributed by atoms with Gasteiger partial charge in [-0.1, -0.05) is 24.3 Å². The Hall–Kier alpha value is -2.54. The molecular formula is C20H26N2O4S. The van der Waals surface area contributed by atoms with Crippen molar-refractivity contribution in [1.29, 1.82) is 0 Å². The second-order valence-electron chi connectivity index (χ2n) is 6.44. The van der Waals surface area contributed by atoms with Crippen LogP contribution in [0.4, 0.5) is 11.4 Å². The van der Waals surface area contributed by atoms with Crippen LogP contribution in [0.15, 0.2) is 42.5 Å². The molecule has 0 aliphatic carbocycles. The first-order valence-electron chi connectivity index (χ1n) is 8.74. The van der Waals surface area contributed by atoms with Crippen LogP contribution in [0.25, 0.3) is 0 Å². The number of carbonyl (C=O) groups excluding carboxylic acids is 1. The highest BCUT2D eigenvalue weighted by atomic mass is 32.2. The van der Waals surface area contributed by atoms with E-state index in [-0.39, 0.29) is 0 Å². The van der Waals surface area contributed by atoms with E-state index >= 15 is 0 Å². The molecular weight excluding hydrogens is 364 g/mol. The Bertz CT molecular complexity index is 925. The fourth-order valence-corrected chi connectivity index (χ4v) is 4.05. The van der Waals surface area contributed by atoms with Crippen molar-refractivity contribution < 1.29 is 17.9 Å². The summed E-state index contributed by atoms with van der Waals surface area (Å²) in [4.78, 5) is 12.9. The number of hydrogen-bond donors (Lipinski definition) is 1. The van der Waals surface area contributed by atoms with Crippen LogP contribution in [-0.2, 0) is 14.8 Å². The van der Waals surface area contributed by atoms with E-state index in [1.807, 2.05) is 39.0 Å². The molecule has 7 heteroatoms. The minimum atomic E-state index is -3.67. The molecule has 0 heterocycles. The summed E-state index contributed by atoms with van der Waals surface area (Å²) in [6.45, 7) is 7.59. The number of para-hydroxylation sites is 2. The first kappa shape index (κ1) is 20.8. The molecule has 146 valence electrons. The van der Waals surface area contributed by atoms with Gasteiger partial charge in [0.1, 0.15) is 11.8 Å². The molecule has 27 heavy (non-hydrogen) atoms. The minimum absolute atomic E-state index is 0.437. The number of anilines is 2. The van der Waals surface area contributed by atoms with Gasteiger partial charge < -0.3 is 10.1 Å². The summed E-state index contributed by atoms with van der Waals surface area (Å²) < 4.78 is 31.6. The maximum absolute atomic E-state index is 12.9. The van der Waals surface area contributed by atoms with Gasteiger partial charge in [-0.25, -0.2) is 8.42 Å². The number of ether oxygens (including phenoxy) is 1. The normalized spacial score (nSPS) is 12.3. The molecule has 1 atom stereocenters. The number of sulfonamides is 1. The van der Waals surface area contributed by atoms with Gasteiger partial charge >= 0.3 is 0 Å². The average Bonchev–Trinajstić information content (AvgIpc) is 2.58. The van der Waals surface area contributed by atoms with Crippen LogP contribution < -0.4 is 14.4 Å². The standard InChI is InChI=1S/C20H26N2O4S/c1-6-26-19-10-8-7-9-17(19)21-20(23)16(4)22(27(5,24)25)18-13-14(2)11-12-15(18)3/h7-13,16H,6H2,1-5H3,(H,21,23)/t16-/m1/s1. The van der Waals surface area contributed by atoms with E-state index in [2.05, 4.69) is 5.32 Å². The summed E-state index contributed by atoms with van der Waals surface area (Å²) in [6, 6.07) is 11.6. The average molecular weight is 391 g/mol. The van der Waals surface area contributed by atoms with Gasteiger partial charge in [0, 0.05) is 0 Å². The highest BCUT2D eigenvalue weighted by Crippen LogP contribution is 2.28. The Morgan fingerprint density at radius 1 is 1.19 bits per heavy atom. The Morgan fingerprint density at radius 3 is 2.48 bits per heavy atom. The van der Waals surface area contributed by atoms with E-state index < -0.39 is 22.0 Å². The lowest BCUT2D eigenvalue weighted by Crippen LogP contribution is -2.45. The van der Waals surface area contributed by atoms with Gasteiger partial charge in [-0.15, -0.1) is 0 Å². The van der Waals surface area contributed by atoms with Gasteiger partial charge in [-0.2, -0.15) is 0 Å². The van der Waals surface area contributed by atoms with Gasteiger partial charge in [0.2, 0.25) is 15.9 Å². The highest BCUT2D eigenvalue weighted by Gasteiger charge is 2.30. The molecule has 0 unspecified atom stereocenters. The third-order valence-electron chi connectivity index (χ3n) is 4.14. The van der Waals surface area contributed by atoms with Crippen molar-refractivity contribution in [2.24, 2.45) is 0 Å². The molecule has 6 nitrogen and oxygen atoms in total. The van der Waals surface area contributed by atoms with Crippen LogP contribution in [0.3, 0.4) is 0 Å². The van der Waals surface area contributed by atoms with Crippen molar-refractivity contribution in [3.63, 3.8) is 0 Å². The van der Waals surface area contributed by atoms with Gasteiger partial charge in [-0.3, -0.25) is 9.10 Å². The molecule has 0 saturated carbocycles. The summed E-state index contributed by atoms with van der Waals surface area (Å²) in [5, 5.41) is 2.78. The van der Waals surface area contributed by atoms with Crippen LogP contribution in [0.1, 0.15) is 25.0 Å². The van der Waals surface area contributed by atoms with E-state index in [0.717, 1.165) is 21.7 Å². The molecule has 0 aliphatic heterocycles. The molecule has 0 radical (unpaired) electrons. The lowest BCUT2D eigenvalue weighted by Gasteiger charge is -2.30. The van der Waals surface area contributed by atoms with Crippen LogP contribution in [0, 0.1) is 13.8 Å². The fraction of sp³-hybridized carbons (Fsp3) is 0.350. The SMILES string of the molecule is CCOc1ccccc1NC(=O)[C@@H](C)N(c1cc(C)ccc1C)S(C)(=O)=O. The van der Waals surface area contributed by atoms with Gasteiger partial charge in [-0.05, 0) is 57.0 Å². The van der Waals surface area contributed by atoms with Crippen LogP contribution >= 0.6 is 0 Å². The lowest BCUT2D eigenvalue weighted by atomic mass is 10.1. The van der Waals surface area contributed by atoms with E-state index in [4.69, 9.17) is 4.74 Å². The second kappa shape index (κ2) is 8.43. The van der Waals surface area contributed by atoms with E-state index in [9.17, 15) is 13.2 Å². The minimum Gasteiger partial charge on any atom is -0.492 e. The van der Waals surface area contributed by atoms with Crippen molar-refractivity contribution >= 4 is 27.3 Å². The third-order valence-corrected chi connectivity index (χ3v) is 5.36. The lowest BCUT2D eigenvalue weighted by molar-refractivity contribution is -0.116. The number of benzene rings is 2. The van der Waals surface area contributed by atoms with Crippen LogP contribution in [0.5, 0.6) is 5.75 Å². The summed E-state index contributed by atoms with van der Waals surface area (Å²) in [5.74, 6) is 0.103. The summed E-state index contributed by atoms with van der Waals surface area (Å²) in [7, 11) is -3.67. The van der Waals surface area contributed by atoms with E-state index in [1.165, 1.54) is 0 Å². The first-order valence-corrected chi connectivity index (χ1v) is 10.6.